The van der Waals surface area contributed by atoms with E-state index in [-0.39, 0.29) is 17.3 Å². The van der Waals surface area contributed by atoms with Gasteiger partial charge < -0.3 is 16.9 Å². The Morgan fingerprint density at radius 1 is 0.913 bits per heavy atom. The van der Waals surface area contributed by atoms with E-state index in [1.54, 1.807) is 12.1 Å². The number of aryl methyl sites for hydroxylation is 1. The van der Waals surface area contributed by atoms with Gasteiger partial charge >= 0.3 is 0 Å². The lowest BCUT2D eigenvalue weighted by molar-refractivity contribution is -0.884. The largest absolute Gasteiger partial charge is 1.00 e. The van der Waals surface area contributed by atoms with Crippen molar-refractivity contribution in [1.82, 2.24) is 0 Å². The number of benzene rings is 2. The van der Waals surface area contributed by atoms with Crippen LogP contribution in [0.5, 0.6) is 0 Å². The van der Waals surface area contributed by atoms with Crippen LogP contribution in [0.25, 0.3) is 0 Å². The molecule has 2 aromatic rings. The molecule has 0 aliphatic carbocycles. The number of hydrogen-bond acceptors (Lipinski definition) is 2. The van der Waals surface area contributed by atoms with Crippen LogP contribution in [-0.4, -0.2) is 38.6 Å². The molecule has 0 aliphatic rings. The first-order valence-electron chi connectivity index (χ1n) is 6.96. The molecule has 2 rings (SSSR count). The van der Waals surface area contributed by atoms with E-state index < -0.39 is 10.1 Å². The van der Waals surface area contributed by atoms with Gasteiger partial charge in [-0.25, -0.2) is 0 Å². The van der Waals surface area contributed by atoms with E-state index in [2.05, 4.69) is 51.5 Å². The normalized spacial score (nSPS) is 11.0. The molecule has 0 aromatic heterocycles. The predicted molar refractivity (Wildman–Crippen MR) is 89.2 cm³/mol. The third-order valence-electron chi connectivity index (χ3n) is 2.82. The Kier molecular flexibility index (Phi) is 8.48. The molecule has 0 atom stereocenters. The Balaban J connectivity index is 0.000000403. The molecule has 0 bridgehead atoms. The Hall–Kier alpha value is -1.40. The molecule has 0 spiro atoms. The minimum Gasteiger partial charge on any atom is -1.00 e. The number of quaternary nitrogens is 1. The molecular formula is C17H24ClNO3S. The van der Waals surface area contributed by atoms with Crippen LogP contribution in [0.3, 0.4) is 0 Å². The maximum absolute atomic E-state index is 10.5. The fourth-order valence-electron chi connectivity index (χ4n) is 1.84. The lowest BCUT2D eigenvalue weighted by atomic mass is 10.2. The molecule has 1 N–H and O–H groups in total. The van der Waals surface area contributed by atoms with Gasteiger partial charge in [-0.3, -0.25) is 4.55 Å². The minimum absolute atomic E-state index is 0. The second-order valence-electron chi connectivity index (χ2n) is 6.22. The first kappa shape index (κ1) is 21.6. The molecular weight excluding hydrogens is 334 g/mol. The van der Waals surface area contributed by atoms with Crippen molar-refractivity contribution in [3.63, 3.8) is 0 Å². The van der Waals surface area contributed by atoms with Gasteiger partial charge in [0.25, 0.3) is 10.1 Å². The predicted octanol–water partition coefficient (Wildman–Crippen LogP) is 0.139. The van der Waals surface area contributed by atoms with Crippen LogP contribution >= 0.6 is 0 Å². The van der Waals surface area contributed by atoms with Crippen molar-refractivity contribution in [2.75, 3.05) is 21.1 Å². The van der Waals surface area contributed by atoms with E-state index in [1.807, 2.05) is 6.92 Å². The van der Waals surface area contributed by atoms with Gasteiger partial charge in [0.15, 0.2) is 0 Å². The van der Waals surface area contributed by atoms with Gasteiger partial charge in [-0.15, -0.1) is 0 Å². The molecule has 0 radical (unpaired) electrons. The quantitative estimate of drug-likeness (QED) is 0.628. The SMILES string of the molecule is C[N+](C)(C)Cc1ccccc1.Cc1ccc(S(=O)(=O)O)cc1.[Cl-]. The Bertz CT molecular complexity index is 678. The standard InChI is InChI=1S/C10H16N.C7H8O3S.ClH/c1-11(2,3)9-10-7-5-4-6-8-10;1-6-2-4-7(5-3-6)11(8,9)10;/h4-8H,9H2,1-3H3;2-5H,1H3,(H,8,9,10);1H/q+1;;/p-1. The molecule has 2 aromatic carbocycles. The number of nitrogens with zero attached hydrogens (tertiary/aromatic N) is 1. The van der Waals surface area contributed by atoms with Crippen molar-refractivity contribution in [1.29, 1.82) is 0 Å². The average molecular weight is 358 g/mol. The summed E-state index contributed by atoms with van der Waals surface area (Å²) in [5.74, 6) is 0. The van der Waals surface area contributed by atoms with E-state index in [4.69, 9.17) is 4.55 Å². The van der Waals surface area contributed by atoms with Crippen molar-refractivity contribution in [2.45, 2.75) is 18.4 Å². The van der Waals surface area contributed by atoms with Gasteiger partial charge in [0.1, 0.15) is 6.54 Å². The van der Waals surface area contributed by atoms with Crippen molar-refractivity contribution >= 4 is 10.1 Å². The van der Waals surface area contributed by atoms with Crippen LogP contribution in [-0.2, 0) is 16.7 Å². The summed E-state index contributed by atoms with van der Waals surface area (Å²) in [4.78, 5) is -0.0666. The summed E-state index contributed by atoms with van der Waals surface area (Å²) in [5, 5.41) is 0. The monoisotopic (exact) mass is 357 g/mol. The van der Waals surface area contributed by atoms with Crippen molar-refractivity contribution < 1.29 is 29.9 Å². The van der Waals surface area contributed by atoms with Crippen LogP contribution < -0.4 is 12.4 Å². The highest BCUT2D eigenvalue weighted by Crippen LogP contribution is 2.08. The van der Waals surface area contributed by atoms with Crippen LogP contribution in [0, 0.1) is 6.92 Å². The molecule has 0 unspecified atom stereocenters. The maximum Gasteiger partial charge on any atom is 0.294 e. The Morgan fingerprint density at radius 3 is 1.78 bits per heavy atom. The van der Waals surface area contributed by atoms with E-state index in [0.29, 0.717) is 0 Å². The molecule has 0 saturated heterocycles. The van der Waals surface area contributed by atoms with Gasteiger partial charge in [0.05, 0.1) is 26.0 Å². The topological polar surface area (TPSA) is 54.4 Å². The van der Waals surface area contributed by atoms with E-state index in [1.165, 1.54) is 17.7 Å². The third-order valence-corrected chi connectivity index (χ3v) is 3.69. The third kappa shape index (κ3) is 9.36. The second kappa shape index (κ2) is 9.03. The number of rotatable bonds is 3. The average Bonchev–Trinajstić information content (AvgIpc) is 2.38. The highest BCUT2D eigenvalue weighted by atomic mass is 35.5. The molecule has 6 heteroatoms. The summed E-state index contributed by atoms with van der Waals surface area (Å²) in [6.45, 7) is 2.94. The van der Waals surface area contributed by atoms with Crippen molar-refractivity contribution in [2.24, 2.45) is 0 Å². The number of hydrogen-bond donors (Lipinski definition) is 1. The summed E-state index contributed by atoms with van der Waals surface area (Å²) in [7, 11) is 2.58. The van der Waals surface area contributed by atoms with Gasteiger partial charge in [-0.2, -0.15) is 8.42 Å². The van der Waals surface area contributed by atoms with Crippen LogP contribution in [0.4, 0.5) is 0 Å². The lowest BCUT2D eigenvalue weighted by Crippen LogP contribution is -3.00. The summed E-state index contributed by atoms with van der Waals surface area (Å²) >= 11 is 0. The van der Waals surface area contributed by atoms with Gasteiger partial charge in [0, 0.05) is 5.56 Å². The molecule has 0 fully saturated rings. The molecule has 0 aliphatic heterocycles. The zero-order valence-corrected chi connectivity index (χ0v) is 15.5. The first-order chi connectivity index (χ1) is 10.1. The fraction of sp³-hybridized carbons (Fsp3) is 0.294. The second-order valence-corrected chi connectivity index (χ2v) is 7.64. The summed E-state index contributed by atoms with van der Waals surface area (Å²) < 4.78 is 30.5. The molecule has 0 saturated carbocycles. The van der Waals surface area contributed by atoms with Crippen molar-refractivity contribution in [3.05, 3.63) is 65.7 Å². The smallest absolute Gasteiger partial charge is 0.294 e. The molecule has 23 heavy (non-hydrogen) atoms. The highest BCUT2D eigenvalue weighted by Gasteiger charge is 2.07. The summed E-state index contributed by atoms with van der Waals surface area (Å²) in [5.41, 5.74) is 2.36. The van der Waals surface area contributed by atoms with E-state index in [0.717, 1.165) is 16.6 Å². The Labute approximate surface area is 145 Å². The molecule has 0 heterocycles. The summed E-state index contributed by atoms with van der Waals surface area (Å²) in [6, 6.07) is 16.6. The lowest BCUT2D eigenvalue weighted by Gasteiger charge is -2.23. The van der Waals surface area contributed by atoms with Gasteiger partial charge in [-0.05, 0) is 19.1 Å². The first-order valence-corrected chi connectivity index (χ1v) is 8.40. The fourth-order valence-corrected chi connectivity index (χ4v) is 2.32. The molecule has 0 amide bonds. The zero-order valence-electron chi connectivity index (χ0n) is 13.9. The number of halogens is 1. The summed E-state index contributed by atoms with van der Waals surface area (Å²) in [6.07, 6.45) is 0. The van der Waals surface area contributed by atoms with Gasteiger partial charge in [-0.1, -0.05) is 48.0 Å². The van der Waals surface area contributed by atoms with Crippen LogP contribution in [0.15, 0.2) is 59.5 Å². The van der Waals surface area contributed by atoms with Crippen LogP contribution in [0.1, 0.15) is 11.1 Å². The van der Waals surface area contributed by atoms with Crippen molar-refractivity contribution in [3.8, 4) is 0 Å². The maximum atomic E-state index is 10.5. The highest BCUT2D eigenvalue weighted by molar-refractivity contribution is 7.85. The Morgan fingerprint density at radius 2 is 1.39 bits per heavy atom. The molecule has 128 valence electrons. The van der Waals surface area contributed by atoms with Gasteiger partial charge in [0.2, 0.25) is 0 Å². The molecule has 4 nitrogen and oxygen atoms in total. The minimum atomic E-state index is -4.02. The van der Waals surface area contributed by atoms with E-state index in [9.17, 15) is 8.42 Å². The zero-order chi connectivity index (χ0) is 16.8. The van der Waals surface area contributed by atoms with E-state index >= 15 is 0 Å². The van der Waals surface area contributed by atoms with Crippen LogP contribution in [0.2, 0.25) is 0 Å².